The van der Waals surface area contributed by atoms with Gasteiger partial charge in [0.2, 0.25) is 5.91 Å². The van der Waals surface area contributed by atoms with Crippen molar-refractivity contribution in [2.45, 2.75) is 304 Å². The molecule has 0 radical (unpaired) electrons. The quantitative estimate of drug-likeness (QED) is 0.0122. The van der Waals surface area contributed by atoms with E-state index in [-0.39, 0.29) is 72.1 Å². The number of amides is 1. The molecule has 1 amide bonds. The van der Waals surface area contributed by atoms with Gasteiger partial charge in [0.1, 0.15) is 0 Å². The van der Waals surface area contributed by atoms with Crippen LogP contribution in [-0.4, -0.2) is 91.3 Å². The van der Waals surface area contributed by atoms with Crippen LogP contribution in [0.4, 0.5) is 5.69 Å². The SMILES string of the molecule is CC1CN(c2ccccc2)NC1=O.CCCCCCCCCCCCCCOC(=O)c1cc(C(=O)OCCCCCCCCCCCCCC)cc(S(=O)O)c1.CCCOc1cc2c(cc1OCCC)C1(CC2(C)C)CC(C)(C)c2cc(OCCC)c(OCCC)cc21.CCOC(=O)c1cc(Cl)c(OC(C)=O)c(Cl)c1. The zero-order valence-corrected chi connectivity index (χ0v) is 71.1. The number of halogens is 2. The molecule has 5 aromatic rings. The molecular formula is C90H132Cl2N2O15S. The number of anilines is 1. The van der Waals surface area contributed by atoms with Crippen molar-refractivity contribution in [3.05, 3.63) is 134 Å². The standard InChI is InChI=1S/C36H62O6S.C33H48O4.C11H10Cl2O4.C10H12N2O/c1-3-5-7-9-11-13-15-17-19-21-23-25-27-41-35(37)32-29-33(31-34(30-32)43(39)40)36(38)42-28-26-24-22-20-18-16-14-12-10-8-6-4-2;1-9-13-34-27-17-23-25(19-29(27)36-15-11-3)33(21-31(23,5)6)22-32(7,8)24-18-28(35-14-10-2)30(20-26(24)33)37-16-12-4;1-3-16-11(15)7-4-8(12)10(9(13)5-7)17-6(2)14;1-8-7-12(11-10(8)13)9-5-3-2-4-6-9/h29-31H,3-28H2,1-2H3,(H,39,40);17-20H,9-16,21-22H2,1-8H3;4-5H,3H2,1-2H3;2-6,8H,7H2,1H3,(H,11,13). The zero-order chi connectivity index (χ0) is 80.5. The summed E-state index contributed by atoms with van der Waals surface area (Å²) < 4.78 is 66.8. The van der Waals surface area contributed by atoms with Gasteiger partial charge in [-0.15, -0.1) is 0 Å². The molecule has 110 heavy (non-hydrogen) atoms. The second-order valence-corrected chi connectivity index (χ2v) is 32.5. The number of fused-ring (bicyclic) bond motifs is 4. The average Bonchev–Trinajstić information content (AvgIpc) is 1.52. The van der Waals surface area contributed by atoms with Crippen LogP contribution in [0.3, 0.4) is 0 Å². The van der Waals surface area contributed by atoms with Gasteiger partial charge in [-0.05, 0) is 158 Å². The number of hydrogen-bond donors (Lipinski definition) is 2. The molecule has 5 aromatic carbocycles. The Hall–Kier alpha value is -6.86. The number of para-hydroxylation sites is 1. The smallest absolute Gasteiger partial charge is 0.338 e. The molecule has 8 rings (SSSR count). The molecule has 20 heteroatoms. The minimum Gasteiger partial charge on any atom is -0.490 e. The van der Waals surface area contributed by atoms with Gasteiger partial charge in [-0.3, -0.25) is 20.0 Å². The Bertz CT molecular complexity index is 3470. The first-order valence-electron chi connectivity index (χ1n) is 41.3. The highest BCUT2D eigenvalue weighted by atomic mass is 35.5. The van der Waals surface area contributed by atoms with Crippen LogP contribution in [0.15, 0.2) is 89.8 Å². The summed E-state index contributed by atoms with van der Waals surface area (Å²) >= 11 is 9.38. The van der Waals surface area contributed by atoms with E-state index in [4.69, 9.17) is 61.1 Å². The molecule has 0 saturated carbocycles. The summed E-state index contributed by atoms with van der Waals surface area (Å²) in [6, 6.07) is 25.7. The van der Waals surface area contributed by atoms with Crippen LogP contribution in [0.1, 0.15) is 336 Å². The third kappa shape index (κ3) is 30.6. The maximum absolute atomic E-state index is 12.6. The second-order valence-electron chi connectivity index (χ2n) is 30.7. The highest BCUT2D eigenvalue weighted by Gasteiger charge is 2.57. The Labute approximate surface area is 672 Å². The van der Waals surface area contributed by atoms with Crippen LogP contribution >= 0.6 is 23.2 Å². The third-order valence-corrected chi connectivity index (χ3v) is 21.2. The first-order valence-corrected chi connectivity index (χ1v) is 43.2. The normalized spacial score (nSPS) is 14.8. The maximum atomic E-state index is 12.6. The number of rotatable bonds is 45. The van der Waals surface area contributed by atoms with Crippen LogP contribution in [0, 0.1) is 5.92 Å². The van der Waals surface area contributed by atoms with Crippen molar-refractivity contribution < 1.29 is 70.6 Å². The molecule has 0 bridgehead atoms. The van der Waals surface area contributed by atoms with E-state index in [1.807, 2.05) is 42.3 Å². The Morgan fingerprint density at radius 1 is 0.473 bits per heavy atom. The number of unbranched alkanes of at least 4 members (excludes halogenated alkanes) is 22. The molecular weight excluding hydrogens is 1450 g/mol. The fourth-order valence-electron chi connectivity index (χ4n) is 14.5. The molecule has 2 unspecified atom stereocenters. The van der Waals surface area contributed by atoms with Crippen molar-refractivity contribution in [3.8, 4) is 28.7 Å². The van der Waals surface area contributed by atoms with Gasteiger partial charge in [-0.2, -0.15) is 0 Å². The molecule has 1 fully saturated rings. The Morgan fingerprint density at radius 2 is 0.818 bits per heavy atom. The van der Waals surface area contributed by atoms with Crippen molar-refractivity contribution in [1.82, 2.24) is 5.43 Å². The molecule has 612 valence electrons. The summed E-state index contributed by atoms with van der Waals surface area (Å²) in [5, 5.41) is 2.04. The lowest BCUT2D eigenvalue weighted by Crippen LogP contribution is -2.32. The van der Waals surface area contributed by atoms with Gasteiger partial charge in [0, 0.05) is 12.3 Å². The van der Waals surface area contributed by atoms with Gasteiger partial charge in [-0.25, -0.2) is 18.6 Å². The summed E-state index contributed by atoms with van der Waals surface area (Å²) in [6.45, 7) is 31.8. The number of nitrogens with zero attached hydrogens (tertiary/aromatic N) is 1. The molecule has 0 aromatic heterocycles. The number of ether oxygens (including phenoxy) is 8. The van der Waals surface area contributed by atoms with E-state index in [0.29, 0.717) is 39.6 Å². The van der Waals surface area contributed by atoms with Crippen LogP contribution in [0.5, 0.6) is 28.7 Å². The van der Waals surface area contributed by atoms with Gasteiger partial charge >= 0.3 is 23.9 Å². The molecule has 2 atom stereocenters. The fraction of sp³-hybridized carbons (Fsp3) is 0.611. The number of hydrogen-bond acceptors (Lipinski definition) is 15. The molecule has 1 spiro atoms. The van der Waals surface area contributed by atoms with E-state index in [9.17, 15) is 32.7 Å². The molecule has 17 nitrogen and oxygen atoms in total. The number of esters is 4. The van der Waals surface area contributed by atoms with E-state index in [1.54, 1.807) is 6.92 Å². The summed E-state index contributed by atoms with van der Waals surface area (Å²) in [4.78, 5) is 58.7. The molecule has 1 heterocycles. The Balaban J connectivity index is 0.000000288. The molecule has 2 aliphatic carbocycles. The summed E-state index contributed by atoms with van der Waals surface area (Å²) in [7, 11) is 0. The molecule has 1 aliphatic heterocycles. The lowest BCUT2D eigenvalue weighted by atomic mass is 9.72. The van der Waals surface area contributed by atoms with Gasteiger partial charge in [-0.1, -0.05) is 259 Å². The van der Waals surface area contributed by atoms with Gasteiger partial charge in [0.15, 0.2) is 39.8 Å². The Morgan fingerprint density at radius 3 is 1.15 bits per heavy atom. The number of carbonyl (C=O) groups excluding carboxylic acids is 5. The van der Waals surface area contributed by atoms with Crippen LogP contribution in [-0.2, 0) is 51.1 Å². The lowest BCUT2D eigenvalue weighted by Gasteiger charge is -2.31. The van der Waals surface area contributed by atoms with Crippen molar-refractivity contribution in [1.29, 1.82) is 0 Å². The van der Waals surface area contributed by atoms with E-state index in [2.05, 4.69) is 98.9 Å². The minimum absolute atomic E-state index is 0.0163. The van der Waals surface area contributed by atoms with Crippen LogP contribution in [0.2, 0.25) is 10.0 Å². The first kappa shape index (κ1) is 93.7. The molecule has 2 N–H and O–H groups in total. The monoisotopic (exact) mass is 1580 g/mol. The predicted octanol–water partition coefficient (Wildman–Crippen LogP) is 23.7. The Kier molecular flexibility index (Phi) is 42.9. The van der Waals surface area contributed by atoms with Gasteiger partial charge in [0.05, 0.1) is 96.0 Å². The van der Waals surface area contributed by atoms with Crippen LogP contribution < -0.4 is 34.1 Å². The highest BCUT2D eigenvalue weighted by Crippen LogP contribution is 2.65. The van der Waals surface area contributed by atoms with Crippen molar-refractivity contribution >= 4 is 69.8 Å². The van der Waals surface area contributed by atoms with Crippen molar-refractivity contribution in [2.24, 2.45) is 5.92 Å². The number of nitrogens with one attached hydrogen (secondary N) is 1. The topological polar surface area (TPSA) is 212 Å². The van der Waals surface area contributed by atoms with E-state index in [1.165, 1.54) is 175 Å². The average molecular weight is 1590 g/mol. The summed E-state index contributed by atoms with van der Waals surface area (Å²) in [5.74, 6) is 1.47. The molecule has 3 aliphatic rings. The summed E-state index contributed by atoms with van der Waals surface area (Å²) in [6.07, 6.45) is 35.4. The largest absolute Gasteiger partial charge is 0.490 e. The minimum atomic E-state index is -2.33. The predicted molar refractivity (Wildman–Crippen MR) is 445 cm³/mol. The number of benzene rings is 5. The van der Waals surface area contributed by atoms with Crippen molar-refractivity contribution in [2.75, 3.05) is 57.8 Å². The fourth-order valence-corrected chi connectivity index (χ4v) is 15.5. The van der Waals surface area contributed by atoms with E-state index >= 15 is 0 Å². The third-order valence-electron chi connectivity index (χ3n) is 20.0. The van der Waals surface area contributed by atoms with E-state index in [0.717, 1.165) is 112 Å². The van der Waals surface area contributed by atoms with Gasteiger partial charge in [0.25, 0.3) is 0 Å². The van der Waals surface area contributed by atoms with Crippen LogP contribution in [0.25, 0.3) is 0 Å². The zero-order valence-electron chi connectivity index (χ0n) is 68.8. The first-order chi connectivity index (χ1) is 52.8. The maximum Gasteiger partial charge on any atom is 0.338 e. The van der Waals surface area contributed by atoms with Gasteiger partial charge < -0.3 is 42.4 Å². The molecule has 1 saturated heterocycles. The number of carbonyl (C=O) groups is 5. The lowest BCUT2D eigenvalue weighted by molar-refractivity contribution is -0.131. The van der Waals surface area contributed by atoms with Crippen molar-refractivity contribution in [3.63, 3.8) is 0 Å². The summed E-state index contributed by atoms with van der Waals surface area (Å²) in [5.41, 5.74) is 9.73. The van der Waals surface area contributed by atoms with E-state index < -0.39 is 35.0 Å². The second kappa shape index (κ2) is 50.3. The number of hydrazine groups is 1. The highest BCUT2D eigenvalue weighted by molar-refractivity contribution is 7.79.